The molecule has 3 aliphatic rings. The van der Waals surface area contributed by atoms with Crippen LogP contribution in [0.3, 0.4) is 0 Å². The Morgan fingerprint density at radius 3 is 2.93 bits per heavy atom. The molecule has 7 rings (SSSR count). The molecule has 0 aliphatic carbocycles. The Morgan fingerprint density at radius 1 is 1.21 bits per heavy atom. The van der Waals surface area contributed by atoms with E-state index in [-0.39, 0.29) is 41.3 Å². The van der Waals surface area contributed by atoms with Gasteiger partial charge in [0.2, 0.25) is 0 Å². The van der Waals surface area contributed by atoms with Crippen LogP contribution in [0.25, 0.3) is 33.3 Å². The summed E-state index contributed by atoms with van der Waals surface area (Å²) in [6.45, 7) is 3.42. The van der Waals surface area contributed by atoms with Gasteiger partial charge >= 0.3 is 6.01 Å². The minimum atomic E-state index is -0.875. The number of halogens is 2. The molecule has 3 fully saturated rings. The number of piperazine rings is 1. The second kappa shape index (κ2) is 10.7. The van der Waals surface area contributed by atoms with Crippen LogP contribution in [0, 0.1) is 17.1 Å². The van der Waals surface area contributed by atoms with Crippen LogP contribution in [-0.4, -0.2) is 89.0 Å². The van der Waals surface area contributed by atoms with Gasteiger partial charge in [-0.05, 0) is 37.6 Å². The Hall–Kier alpha value is -4.35. The molecule has 0 unspecified atom stereocenters. The molecule has 0 saturated carbocycles. The molecule has 43 heavy (non-hydrogen) atoms. The third kappa shape index (κ3) is 4.82. The largest absolute Gasteiger partial charge is 0.461 e. The van der Waals surface area contributed by atoms with Gasteiger partial charge in [-0.25, -0.2) is 13.8 Å². The van der Waals surface area contributed by atoms with Crippen LogP contribution >= 0.6 is 0 Å². The summed E-state index contributed by atoms with van der Waals surface area (Å²) in [4.78, 5) is 23.0. The number of pyridine rings is 1. The van der Waals surface area contributed by atoms with Crippen molar-refractivity contribution < 1.29 is 17.9 Å². The first-order chi connectivity index (χ1) is 20.9. The van der Waals surface area contributed by atoms with E-state index in [0.717, 1.165) is 19.4 Å². The van der Waals surface area contributed by atoms with Gasteiger partial charge in [0.1, 0.15) is 29.6 Å². The molecule has 14 heteroatoms. The third-order valence-corrected chi connectivity index (χ3v) is 8.79. The average Bonchev–Trinajstić information content (AvgIpc) is 3.67. The predicted octanol–water partition coefficient (Wildman–Crippen LogP) is 3.24. The molecule has 0 spiro atoms. The quantitative estimate of drug-likeness (QED) is 0.289. The molecule has 224 valence electrons. The molecule has 0 radical (unpaired) electrons. The fourth-order valence-corrected chi connectivity index (χ4v) is 6.83. The zero-order valence-corrected chi connectivity index (χ0v) is 23.7. The second-order valence-electron chi connectivity index (χ2n) is 11.5. The first-order valence-corrected chi connectivity index (χ1v) is 14.5. The van der Waals surface area contributed by atoms with Crippen LogP contribution in [0.2, 0.25) is 0 Å². The molecule has 12 nitrogen and oxygen atoms in total. The average molecular weight is 591 g/mol. The van der Waals surface area contributed by atoms with Gasteiger partial charge in [-0.1, -0.05) is 0 Å². The van der Waals surface area contributed by atoms with Gasteiger partial charge in [0.25, 0.3) is 6.01 Å². The maximum absolute atomic E-state index is 14.5. The van der Waals surface area contributed by atoms with Crippen molar-refractivity contribution in [2.45, 2.75) is 43.4 Å². The lowest BCUT2D eigenvalue weighted by Crippen LogP contribution is -2.51. The van der Waals surface area contributed by atoms with Crippen molar-refractivity contribution in [3.8, 4) is 23.2 Å². The minimum absolute atomic E-state index is 0.0350. The van der Waals surface area contributed by atoms with Gasteiger partial charge in [0, 0.05) is 56.8 Å². The first kappa shape index (κ1) is 27.5. The van der Waals surface area contributed by atoms with E-state index in [1.165, 1.54) is 6.07 Å². The molecule has 1 aromatic carbocycles. The summed E-state index contributed by atoms with van der Waals surface area (Å²) in [5, 5.41) is 15.8. The monoisotopic (exact) mass is 590 g/mol. The summed E-state index contributed by atoms with van der Waals surface area (Å²) in [6, 6.07) is 6.97. The molecule has 0 bridgehead atoms. The summed E-state index contributed by atoms with van der Waals surface area (Å²) in [5.74, 6) is 0.513. The number of nitrogen functional groups attached to an aromatic ring is 1. The van der Waals surface area contributed by atoms with E-state index in [4.69, 9.17) is 29.8 Å². The smallest absolute Gasteiger partial charge is 0.319 e. The number of nitriles is 1. The van der Waals surface area contributed by atoms with E-state index in [1.807, 2.05) is 6.07 Å². The van der Waals surface area contributed by atoms with Crippen molar-refractivity contribution in [2.75, 3.05) is 62.3 Å². The maximum atomic E-state index is 14.5. The Labute approximate surface area is 246 Å². The van der Waals surface area contributed by atoms with E-state index in [0.29, 0.717) is 72.8 Å². The molecule has 6 heterocycles. The molecule has 3 atom stereocenters. The van der Waals surface area contributed by atoms with Crippen molar-refractivity contribution in [1.82, 2.24) is 30.2 Å². The normalized spacial score (nSPS) is 24.0. The van der Waals surface area contributed by atoms with E-state index in [1.54, 1.807) is 13.1 Å². The van der Waals surface area contributed by atoms with Gasteiger partial charge in [-0.15, -0.1) is 0 Å². The lowest BCUT2D eigenvalue weighted by atomic mass is 9.95. The minimum Gasteiger partial charge on any atom is -0.461 e. The fraction of sp³-hybridized carbons (Fsp3) is 0.483. The standard InChI is InChI=1S/C29H32F2N10O2/c1-34-25-19(18-3-4-20(31)24-22(18)38-27(33)43-24)11-21-23(37-25)26(40-10-8-35-17(14-40)5-7-32)39-28(36-21)42-15-29-6-2-9-41(29)13-16(30)12-29/h3-4,11,16-17,35H,2,5-6,8-10,12-15H2,1H3,(H2,33,38)(H,34,37)/t16-,17+,29+/m1/s1. The van der Waals surface area contributed by atoms with Gasteiger partial charge in [0.05, 0.1) is 23.5 Å². The highest BCUT2D eigenvalue weighted by molar-refractivity contribution is 5.99. The fourth-order valence-electron chi connectivity index (χ4n) is 6.83. The number of nitrogens with one attached hydrogen (secondary N) is 2. The van der Waals surface area contributed by atoms with Gasteiger partial charge < -0.3 is 30.4 Å². The van der Waals surface area contributed by atoms with Gasteiger partial charge in [-0.2, -0.15) is 20.2 Å². The van der Waals surface area contributed by atoms with Crippen molar-refractivity contribution in [1.29, 1.82) is 5.26 Å². The van der Waals surface area contributed by atoms with Crippen LogP contribution in [0.15, 0.2) is 22.6 Å². The number of hydrogen-bond donors (Lipinski definition) is 3. The van der Waals surface area contributed by atoms with E-state index < -0.39 is 12.0 Å². The SMILES string of the molecule is CNc1nc2c(N3CCN[C@@H](CC#N)C3)nc(OC[C@@]34CCCN3C[C@H](F)C4)nc2cc1-c1ccc(F)c2oc(N)nc12. The molecular formula is C29H32F2N10O2. The Kier molecular flexibility index (Phi) is 6.86. The van der Waals surface area contributed by atoms with E-state index >= 15 is 0 Å². The summed E-state index contributed by atoms with van der Waals surface area (Å²) >= 11 is 0. The van der Waals surface area contributed by atoms with Gasteiger partial charge in [-0.3, -0.25) is 4.90 Å². The highest BCUT2D eigenvalue weighted by Gasteiger charge is 2.49. The number of hydrogen-bond acceptors (Lipinski definition) is 12. The molecular weight excluding hydrogens is 558 g/mol. The number of aromatic nitrogens is 4. The van der Waals surface area contributed by atoms with Crippen molar-refractivity contribution in [3.63, 3.8) is 0 Å². The number of alkyl halides is 1. The summed E-state index contributed by atoms with van der Waals surface area (Å²) in [6.07, 6.45) is 1.77. The number of anilines is 3. The van der Waals surface area contributed by atoms with Crippen LogP contribution in [0.4, 0.5) is 26.4 Å². The molecule has 3 saturated heterocycles. The van der Waals surface area contributed by atoms with E-state index in [2.05, 4.69) is 31.5 Å². The maximum Gasteiger partial charge on any atom is 0.319 e. The Balaban J connectivity index is 1.34. The second-order valence-corrected chi connectivity index (χ2v) is 11.5. The van der Waals surface area contributed by atoms with Gasteiger partial charge in [0.15, 0.2) is 17.2 Å². The van der Waals surface area contributed by atoms with Crippen LogP contribution in [0.5, 0.6) is 6.01 Å². The Bertz CT molecular complexity index is 1740. The molecule has 4 aromatic rings. The summed E-state index contributed by atoms with van der Waals surface area (Å²) < 4.78 is 40.6. The zero-order chi connectivity index (χ0) is 29.7. The van der Waals surface area contributed by atoms with Crippen LogP contribution < -0.4 is 26.0 Å². The molecule has 3 aromatic heterocycles. The van der Waals surface area contributed by atoms with Crippen molar-refractivity contribution in [2.24, 2.45) is 0 Å². The molecule has 0 amide bonds. The van der Waals surface area contributed by atoms with Crippen molar-refractivity contribution >= 4 is 39.8 Å². The number of benzene rings is 1. The predicted molar refractivity (Wildman–Crippen MR) is 157 cm³/mol. The number of rotatable bonds is 7. The number of fused-ring (bicyclic) bond motifs is 3. The van der Waals surface area contributed by atoms with E-state index in [9.17, 15) is 14.0 Å². The first-order valence-electron chi connectivity index (χ1n) is 14.5. The summed E-state index contributed by atoms with van der Waals surface area (Å²) in [7, 11) is 1.74. The Morgan fingerprint density at radius 2 is 2.09 bits per heavy atom. The number of nitrogens with two attached hydrogens (primary N) is 1. The lowest BCUT2D eigenvalue weighted by molar-refractivity contribution is 0.107. The zero-order valence-electron chi connectivity index (χ0n) is 23.7. The topological polar surface area (TPSA) is 154 Å². The number of nitrogens with zero attached hydrogens (tertiary/aromatic N) is 7. The van der Waals surface area contributed by atoms with Crippen LogP contribution in [-0.2, 0) is 0 Å². The van der Waals surface area contributed by atoms with Crippen molar-refractivity contribution in [3.05, 3.63) is 24.0 Å². The third-order valence-electron chi connectivity index (χ3n) is 8.79. The number of ether oxygens (including phenoxy) is 1. The van der Waals surface area contributed by atoms with Crippen LogP contribution in [0.1, 0.15) is 25.7 Å². The highest BCUT2D eigenvalue weighted by Crippen LogP contribution is 2.41. The summed E-state index contributed by atoms with van der Waals surface area (Å²) in [5.41, 5.74) is 7.87. The molecule has 4 N–H and O–H groups in total. The molecule has 3 aliphatic heterocycles. The highest BCUT2D eigenvalue weighted by atomic mass is 19.1. The number of oxazole rings is 1. The lowest BCUT2D eigenvalue weighted by Gasteiger charge is -2.34.